The predicted octanol–water partition coefficient (Wildman–Crippen LogP) is 3.61. The largest absolute Gasteiger partial charge is 0.495 e. The van der Waals surface area contributed by atoms with E-state index in [-0.39, 0.29) is 4.75 Å². The van der Waals surface area contributed by atoms with E-state index in [1.54, 1.807) is 7.11 Å². The number of anilines is 2. The molecule has 0 aliphatic rings. The average molecular weight is 268 g/mol. The Morgan fingerprint density at radius 1 is 1.33 bits per heavy atom. The summed E-state index contributed by atoms with van der Waals surface area (Å²) in [5, 5.41) is 3.46. The summed E-state index contributed by atoms with van der Waals surface area (Å²) in [7, 11) is 1.64. The topological polar surface area (TPSA) is 47.3 Å². The van der Waals surface area contributed by atoms with Crippen molar-refractivity contribution in [2.24, 2.45) is 0 Å². The van der Waals surface area contributed by atoms with Gasteiger partial charge in [-0.05, 0) is 31.2 Å². The smallest absolute Gasteiger partial charge is 0.143 e. The van der Waals surface area contributed by atoms with Gasteiger partial charge >= 0.3 is 0 Å². The van der Waals surface area contributed by atoms with Gasteiger partial charge in [0.25, 0.3) is 0 Å². The van der Waals surface area contributed by atoms with Gasteiger partial charge in [0.2, 0.25) is 0 Å². The van der Waals surface area contributed by atoms with Crippen molar-refractivity contribution in [1.29, 1.82) is 0 Å². The molecule has 0 unspecified atom stereocenters. The fourth-order valence-electron chi connectivity index (χ4n) is 1.99. The Bertz CT molecular complexity index is 370. The molecule has 1 aromatic carbocycles. The maximum absolute atomic E-state index is 6.05. The van der Waals surface area contributed by atoms with E-state index in [0.717, 1.165) is 30.8 Å². The van der Waals surface area contributed by atoms with Crippen molar-refractivity contribution in [3.8, 4) is 5.75 Å². The number of benzene rings is 1. The third kappa shape index (κ3) is 3.25. The lowest BCUT2D eigenvalue weighted by Gasteiger charge is -2.30. The highest BCUT2D eigenvalue weighted by Gasteiger charge is 2.24. The van der Waals surface area contributed by atoms with Crippen LogP contribution in [0.2, 0.25) is 0 Å². The highest BCUT2D eigenvalue weighted by atomic mass is 32.2. The number of thioether (sulfide) groups is 1. The van der Waals surface area contributed by atoms with Crippen LogP contribution in [0.1, 0.15) is 26.7 Å². The number of ether oxygens (including phenoxy) is 1. The first-order valence-corrected chi connectivity index (χ1v) is 7.56. The van der Waals surface area contributed by atoms with Crippen molar-refractivity contribution in [2.45, 2.75) is 31.4 Å². The standard InChI is InChI=1S/C14H24N2OS/c1-5-14(6-2,18-4)10-16-11-8-7-9-12(17-3)13(11)15/h7-9,16H,5-6,10,15H2,1-4H3. The number of nitrogen functional groups attached to an aromatic ring is 1. The molecule has 0 aromatic heterocycles. The van der Waals surface area contributed by atoms with Crippen molar-refractivity contribution in [2.75, 3.05) is 31.0 Å². The second-order valence-corrected chi connectivity index (χ2v) is 5.64. The van der Waals surface area contributed by atoms with E-state index in [4.69, 9.17) is 10.5 Å². The average Bonchev–Trinajstić information content (AvgIpc) is 2.42. The predicted molar refractivity (Wildman–Crippen MR) is 82.7 cm³/mol. The van der Waals surface area contributed by atoms with E-state index in [2.05, 4.69) is 25.4 Å². The summed E-state index contributed by atoms with van der Waals surface area (Å²) in [6, 6.07) is 5.83. The van der Waals surface area contributed by atoms with Crippen LogP contribution in [-0.4, -0.2) is 24.7 Å². The number of hydrogen-bond acceptors (Lipinski definition) is 4. The number of nitrogens with two attached hydrogens (primary N) is 1. The second-order valence-electron chi connectivity index (χ2n) is 4.37. The van der Waals surface area contributed by atoms with Gasteiger partial charge < -0.3 is 15.8 Å². The molecule has 0 fully saturated rings. The molecular weight excluding hydrogens is 244 g/mol. The summed E-state index contributed by atoms with van der Waals surface area (Å²) in [5.74, 6) is 0.725. The van der Waals surface area contributed by atoms with Gasteiger partial charge in [-0.1, -0.05) is 19.9 Å². The van der Waals surface area contributed by atoms with Crippen molar-refractivity contribution in [1.82, 2.24) is 0 Å². The molecule has 1 aromatic rings. The fourth-order valence-corrected chi connectivity index (χ4v) is 2.79. The lowest BCUT2D eigenvalue weighted by molar-refractivity contribution is 0.417. The molecule has 0 amide bonds. The van der Waals surface area contributed by atoms with E-state index >= 15 is 0 Å². The van der Waals surface area contributed by atoms with Crippen LogP contribution >= 0.6 is 11.8 Å². The van der Waals surface area contributed by atoms with E-state index in [1.165, 1.54) is 0 Å². The molecule has 0 aliphatic carbocycles. The van der Waals surface area contributed by atoms with Gasteiger partial charge in [-0.2, -0.15) is 11.8 Å². The summed E-state index contributed by atoms with van der Waals surface area (Å²) in [4.78, 5) is 0. The Morgan fingerprint density at radius 3 is 2.50 bits per heavy atom. The molecule has 0 saturated carbocycles. The zero-order chi connectivity index (χ0) is 13.6. The minimum Gasteiger partial charge on any atom is -0.495 e. The first-order chi connectivity index (χ1) is 8.62. The molecule has 0 radical (unpaired) electrons. The van der Waals surface area contributed by atoms with Crippen LogP contribution in [0, 0.1) is 0 Å². The van der Waals surface area contributed by atoms with Gasteiger partial charge in [0.15, 0.2) is 0 Å². The molecule has 4 heteroatoms. The molecule has 0 heterocycles. The zero-order valence-corrected chi connectivity index (χ0v) is 12.6. The van der Waals surface area contributed by atoms with Crippen LogP contribution in [0.5, 0.6) is 5.75 Å². The van der Waals surface area contributed by atoms with E-state index in [0.29, 0.717) is 5.69 Å². The van der Waals surface area contributed by atoms with Gasteiger partial charge in [0.05, 0.1) is 18.5 Å². The maximum atomic E-state index is 6.05. The summed E-state index contributed by atoms with van der Waals surface area (Å²) in [5.41, 5.74) is 7.69. The number of methoxy groups -OCH3 is 1. The Kier molecular flexibility index (Phi) is 5.66. The van der Waals surface area contributed by atoms with Crippen molar-refractivity contribution >= 4 is 23.1 Å². The maximum Gasteiger partial charge on any atom is 0.143 e. The molecule has 1 rings (SSSR count). The first-order valence-electron chi connectivity index (χ1n) is 6.34. The third-order valence-corrected chi connectivity index (χ3v) is 5.20. The number of nitrogens with one attached hydrogen (secondary N) is 1. The van der Waals surface area contributed by atoms with Crippen molar-refractivity contribution < 1.29 is 4.74 Å². The molecule has 0 atom stereocenters. The quantitative estimate of drug-likeness (QED) is 0.742. The van der Waals surface area contributed by atoms with Gasteiger partial charge in [0.1, 0.15) is 5.75 Å². The highest BCUT2D eigenvalue weighted by molar-refractivity contribution is 8.00. The molecule has 18 heavy (non-hydrogen) atoms. The van der Waals surface area contributed by atoms with Crippen LogP contribution in [0.4, 0.5) is 11.4 Å². The van der Waals surface area contributed by atoms with Crippen LogP contribution in [-0.2, 0) is 0 Å². The molecule has 0 saturated heterocycles. The van der Waals surface area contributed by atoms with Gasteiger partial charge in [-0.3, -0.25) is 0 Å². The minimum absolute atomic E-state index is 0.273. The molecule has 102 valence electrons. The summed E-state index contributed by atoms with van der Waals surface area (Å²) < 4.78 is 5.50. The van der Waals surface area contributed by atoms with Crippen molar-refractivity contribution in [3.05, 3.63) is 18.2 Å². The fraction of sp³-hybridized carbons (Fsp3) is 0.571. The van der Waals surface area contributed by atoms with Crippen molar-refractivity contribution in [3.63, 3.8) is 0 Å². The van der Waals surface area contributed by atoms with Gasteiger partial charge in [-0.15, -0.1) is 0 Å². The van der Waals surface area contributed by atoms with E-state index < -0.39 is 0 Å². The summed E-state index contributed by atoms with van der Waals surface area (Å²) in [6.45, 7) is 5.38. The summed E-state index contributed by atoms with van der Waals surface area (Å²) >= 11 is 1.92. The Balaban J connectivity index is 2.79. The first kappa shape index (κ1) is 15.0. The Labute approximate surface area is 114 Å². The van der Waals surface area contributed by atoms with E-state index in [1.807, 2.05) is 30.0 Å². The zero-order valence-electron chi connectivity index (χ0n) is 11.7. The third-order valence-electron chi connectivity index (χ3n) is 3.61. The van der Waals surface area contributed by atoms with Crippen LogP contribution in [0.15, 0.2) is 18.2 Å². The molecule has 0 aliphatic heterocycles. The van der Waals surface area contributed by atoms with Crippen LogP contribution in [0.3, 0.4) is 0 Å². The molecule has 3 N–H and O–H groups in total. The molecule has 3 nitrogen and oxygen atoms in total. The second kappa shape index (κ2) is 6.78. The molecule has 0 bridgehead atoms. The van der Waals surface area contributed by atoms with Gasteiger partial charge in [0, 0.05) is 11.3 Å². The minimum atomic E-state index is 0.273. The van der Waals surface area contributed by atoms with E-state index in [9.17, 15) is 0 Å². The normalized spacial score (nSPS) is 11.3. The highest BCUT2D eigenvalue weighted by Crippen LogP contribution is 2.33. The lowest BCUT2D eigenvalue weighted by atomic mass is 10.0. The number of para-hydroxylation sites is 1. The SMILES string of the molecule is CCC(CC)(CNc1cccc(OC)c1N)SC. The monoisotopic (exact) mass is 268 g/mol. The Morgan fingerprint density at radius 2 is 2.00 bits per heavy atom. The van der Waals surface area contributed by atoms with Crippen LogP contribution in [0.25, 0.3) is 0 Å². The van der Waals surface area contributed by atoms with Gasteiger partial charge in [-0.25, -0.2) is 0 Å². The Hall–Kier alpha value is -1.03. The molecular formula is C14H24N2OS. The number of rotatable bonds is 7. The summed E-state index contributed by atoms with van der Waals surface area (Å²) in [6.07, 6.45) is 4.45. The number of hydrogen-bond donors (Lipinski definition) is 2. The lowest BCUT2D eigenvalue weighted by Crippen LogP contribution is -2.32. The van der Waals surface area contributed by atoms with Crippen LogP contribution < -0.4 is 15.8 Å². The molecule has 0 spiro atoms.